The molecule has 184 valence electrons. The van der Waals surface area contributed by atoms with Gasteiger partial charge in [0.1, 0.15) is 17.9 Å². The van der Waals surface area contributed by atoms with Crippen molar-refractivity contribution in [1.29, 1.82) is 10.5 Å². The average Bonchev–Trinajstić information content (AvgIpc) is 2.65. The van der Waals surface area contributed by atoms with E-state index in [4.69, 9.17) is 10.5 Å². The predicted molar refractivity (Wildman–Crippen MR) is 72.2 cm³/mol. The van der Waals surface area contributed by atoms with Crippen molar-refractivity contribution in [2.75, 3.05) is 0 Å². The zero-order valence-electron chi connectivity index (χ0n) is 14.7. The molecule has 1 aromatic rings. The fourth-order valence-electron chi connectivity index (χ4n) is 1.94. The van der Waals surface area contributed by atoms with Crippen LogP contribution in [0.2, 0.25) is 0 Å². The molecule has 0 saturated carbocycles. The van der Waals surface area contributed by atoms with Crippen molar-refractivity contribution < 1.29 is 70.6 Å². The van der Waals surface area contributed by atoms with E-state index in [1.807, 2.05) is 0 Å². The monoisotopic (exact) mass is 512 g/mol. The molecule has 0 atom stereocenters. The number of ether oxygens (including phenoxy) is 1. The van der Waals surface area contributed by atoms with Crippen molar-refractivity contribution in [3.05, 3.63) is 29.3 Å². The van der Waals surface area contributed by atoms with E-state index in [0.29, 0.717) is 6.07 Å². The van der Waals surface area contributed by atoms with Crippen LogP contribution in [0.25, 0.3) is 0 Å². The molecular weight excluding hydrogens is 509 g/mol. The van der Waals surface area contributed by atoms with E-state index in [1.165, 1.54) is 6.07 Å². The van der Waals surface area contributed by atoms with E-state index >= 15 is 0 Å². The van der Waals surface area contributed by atoms with E-state index in [0.717, 1.165) is 6.07 Å². The van der Waals surface area contributed by atoms with Gasteiger partial charge in [0.15, 0.2) is 0 Å². The Kier molecular flexibility index (Phi) is 6.59. The number of nitrogens with zero attached hydrogens (tertiary/aromatic N) is 2. The highest BCUT2D eigenvalue weighted by atomic mass is 19.4. The molecule has 0 radical (unpaired) electrons. The Hall–Kier alpha value is -3.05. The van der Waals surface area contributed by atoms with Gasteiger partial charge in [-0.2, -0.15) is 76.4 Å². The molecular formula is C15H3F15N2O. The Bertz CT molecular complexity index is 984. The van der Waals surface area contributed by atoms with Gasteiger partial charge in [-0.3, -0.25) is 0 Å². The summed E-state index contributed by atoms with van der Waals surface area (Å²) in [5.74, 6) is -42.7. The van der Waals surface area contributed by atoms with Crippen molar-refractivity contribution in [3.63, 3.8) is 0 Å². The number of nitriles is 2. The Morgan fingerprint density at radius 2 is 0.939 bits per heavy atom. The molecule has 0 amide bonds. The number of alkyl halides is 15. The molecule has 0 N–H and O–H groups in total. The Morgan fingerprint density at radius 1 is 0.545 bits per heavy atom. The maximum Gasteiger partial charge on any atom is 0.471 e. The zero-order chi connectivity index (χ0) is 26.5. The van der Waals surface area contributed by atoms with E-state index in [1.54, 1.807) is 0 Å². The highest BCUT2D eigenvalue weighted by Gasteiger charge is 2.94. The fraction of sp³-hybridized carbons (Fsp3) is 0.467. The maximum absolute atomic E-state index is 13.7. The third-order valence-corrected chi connectivity index (χ3v) is 3.78. The lowest BCUT2D eigenvalue weighted by molar-refractivity contribution is -0.465. The fourth-order valence-corrected chi connectivity index (χ4v) is 1.94. The van der Waals surface area contributed by atoms with Gasteiger partial charge in [-0.25, -0.2) is 0 Å². The summed E-state index contributed by atoms with van der Waals surface area (Å²) in [4.78, 5) is 0. The molecule has 0 bridgehead atoms. The van der Waals surface area contributed by atoms with Gasteiger partial charge in [0.25, 0.3) is 0 Å². The van der Waals surface area contributed by atoms with Gasteiger partial charge in [-0.1, -0.05) is 0 Å². The summed E-state index contributed by atoms with van der Waals surface area (Å²) in [5.41, 5.74) is -1.53. The molecule has 33 heavy (non-hydrogen) atoms. The minimum atomic E-state index is -8.43. The summed E-state index contributed by atoms with van der Waals surface area (Å²) in [7, 11) is 0. The van der Waals surface area contributed by atoms with Crippen LogP contribution in [0.4, 0.5) is 65.9 Å². The van der Waals surface area contributed by atoms with Crippen LogP contribution < -0.4 is 4.74 Å². The molecule has 0 aromatic heterocycles. The molecule has 0 saturated heterocycles. The molecule has 18 heteroatoms. The Morgan fingerprint density at radius 3 is 1.33 bits per heavy atom. The van der Waals surface area contributed by atoms with Crippen molar-refractivity contribution in [3.8, 4) is 17.9 Å². The van der Waals surface area contributed by atoms with Gasteiger partial charge in [0.05, 0.1) is 11.1 Å². The van der Waals surface area contributed by atoms with Crippen molar-refractivity contribution >= 4 is 0 Å². The van der Waals surface area contributed by atoms with E-state index in [-0.39, 0.29) is 12.1 Å². The van der Waals surface area contributed by atoms with Crippen LogP contribution in [0.15, 0.2) is 18.2 Å². The smallest absolute Gasteiger partial charge is 0.428 e. The molecule has 1 rings (SSSR count). The van der Waals surface area contributed by atoms with Crippen LogP contribution in [0.3, 0.4) is 0 Å². The van der Waals surface area contributed by atoms with Crippen LogP contribution >= 0.6 is 0 Å². The van der Waals surface area contributed by atoms with Crippen molar-refractivity contribution in [2.45, 2.75) is 41.9 Å². The molecule has 0 fully saturated rings. The maximum atomic E-state index is 13.7. The first-order chi connectivity index (χ1) is 14.5. The number of hydrogen-bond acceptors (Lipinski definition) is 3. The topological polar surface area (TPSA) is 56.8 Å². The third-order valence-electron chi connectivity index (χ3n) is 3.78. The quantitative estimate of drug-likeness (QED) is 0.413. The Labute approximate surface area is 171 Å². The van der Waals surface area contributed by atoms with Crippen molar-refractivity contribution in [2.24, 2.45) is 0 Å². The third kappa shape index (κ3) is 3.95. The summed E-state index contributed by atoms with van der Waals surface area (Å²) in [6.07, 6.45) is -14.7. The second-order valence-electron chi connectivity index (χ2n) is 5.92. The van der Waals surface area contributed by atoms with E-state index in [9.17, 15) is 65.9 Å². The molecule has 1 aromatic carbocycles. The number of hydrogen-bond donors (Lipinski definition) is 0. The second-order valence-corrected chi connectivity index (χ2v) is 5.92. The zero-order valence-corrected chi connectivity index (χ0v) is 14.7. The van der Waals surface area contributed by atoms with Crippen LogP contribution in [0, 0.1) is 22.7 Å². The minimum Gasteiger partial charge on any atom is -0.428 e. The number of benzene rings is 1. The summed E-state index contributed by atoms with van der Waals surface area (Å²) in [6, 6.07) is 2.96. The lowest BCUT2D eigenvalue weighted by Gasteiger charge is -2.41. The first-order valence-corrected chi connectivity index (χ1v) is 7.43. The lowest BCUT2D eigenvalue weighted by Crippen LogP contribution is -2.73. The normalized spacial score (nSPS) is 14.5. The largest absolute Gasteiger partial charge is 0.471 e. The summed E-state index contributed by atoms with van der Waals surface area (Å²) in [6.45, 7) is 0. The highest BCUT2D eigenvalue weighted by Crippen LogP contribution is 2.62. The number of rotatable bonds is 7. The lowest BCUT2D eigenvalue weighted by atomic mass is 9.93. The molecule has 0 heterocycles. The van der Waals surface area contributed by atoms with Gasteiger partial charge in [0.2, 0.25) is 0 Å². The van der Waals surface area contributed by atoms with Crippen LogP contribution in [0.1, 0.15) is 11.1 Å². The first kappa shape index (κ1) is 28.0. The van der Waals surface area contributed by atoms with Gasteiger partial charge in [-0.05, 0) is 18.2 Å². The molecule has 0 aliphatic carbocycles. The van der Waals surface area contributed by atoms with E-state index < -0.39 is 58.8 Å². The molecule has 0 spiro atoms. The summed E-state index contributed by atoms with van der Waals surface area (Å²) in [5, 5.41) is 17.2. The summed E-state index contributed by atoms with van der Waals surface area (Å²) < 4.78 is 199. The SMILES string of the molecule is N#Cc1ccc(OC(F)(F)C(F)(F)C(F)(F)C(F)(F)C(F)(F)C(F)(F)C(F)(F)F)cc1C#N. The summed E-state index contributed by atoms with van der Waals surface area (Å²) >= 11 is 0. The predicted octanol–water partition coefficient (Wildman–Crippen LogP) is 6.14. The second kappa shape index (κ2) is 7.77. The van der Waals surface area contributed by atoms with Gasteiger partial charge in [0, 0.05) is 0 Å². The molecule has 3 nitrogen and oxygen atoms in total. The standard InChI is InChI=1S/C15H3F15N2O/c16-9(17,10(18,19)12(22,23)14(26,27)28)11(20,21)13(24,25)15(29,30)33-8-2-1-6(4-31)7(3-8)5-32/h1-3H. The highest BCUT2D eigenvalue weighted by molar-refractivity contribution is 5.49. The van der Waals surface area contributed by atoms with Crippen molar-refractivity contribution in [1.82, 2.24) is 0 Å². The Balaban J connectivity index is 3.55. The first-order valence-electron chi connectivity index (χ1n) is 7.43. The molecule has 0 aliphatic rings. The van der Waals surface area contributed by atoms with E-state index in [2.05, 4.69) is 4.74 Å². The average molecular weight is 512 g/mol. The van der Waals surface area contributed by atoms with Gasteiger partial charge >= 0.3 is 41.9 Å². The van der Waals surface area contributed by atoms with Gasteiger partial charge in [-0.15, -0.1) is 0 Å². The van der Waals surface area contributed by atoms with Gasteiger partial charge < -0.3 is 4.74 Å². The van der Waals surface area contributed by atoms with Crippen LogP contribution in [-0.2, 0) is 0 Å². The minimum absolute atomic E-state index is 0.0191. The number of halogens is 15. The van der Waals surface area contributed by atoms with Crippen LogP contribution in [-0.4, -0.2) is 41.9 Å². The molecule has 0 unspecified atom stereocenters. The van der Waals surface area contributed by atoms with Crippen LogP contribution in [0.5, 0.6) is 5.75 Å². The molecule has 0 aliphatic heterocycles.